The van der Waals surface area contributed by atoms with Crippen LogP contribution in [-0.2, 0) is 14.3 Å². The van der Waals surface area contributed by atoms with E-state index < -0.39 is 18.1 Å². The lowest BCUT2D eigenvalue weighted by molar-refractivity contribution is -0.159. The third-order valence-electron chi connectivity index (χ3n) is 3.53. The molecule has 2 atom stereocenters. The molecule has 0 spiro atoms. The second kappa shape index (κ2) is 5.49. The minimum absolute atomic E-state index is 0.128. The van der Waals surface area contributed by atoms with Crippen molar-refractivity contribution in [3.63, 3.8) is 0 Å². The summed E-state index contributed by atoms with van der Waals surface area (Å²) >= 11 is 0. The van der Waals surface area contributed by atoms with Gasteiger partial charge in [-0.25, -0.2) is 4.79 Å². The molecule has 17 heavy (non-hydrogen) atoms. The maximum absolute atomic E-state index is 12.2. The maximum Gasteiger partial charge on any atom is 0.326 e. The predicted octanol–water partition coefficient (Wildman–Crippen LogP) is 1.02. The van der Waals surface area contributed by atoms with E-state index in [0.717, 1.165) is 32.1 Å². The van der Waals surface area contributed by atoms with Crippen LogP contribution in [0, 0.1) is 0 Å². The molecule has 0 saturated carbocycles. The number of carbonyl (C=O) groups is 2. The number of nitrogens with zero attached hydrogens (tertiary/aromatic N) is 1. The third kappa shape index (κ3) is 2.77. The van der Waals surface area contributed by atoms with E-state index in [2.05, 4.69) is 0 Å². The molecular formula is C12H19NO4. The molecule has 1 N–H and O–H groups in total. The summed E-state index contributed by atoms with van der Waals surface area (Å²) in [4.78, 5) is 24.8. The molecule has 0 aliphatic carbocycles. The highest BCUT2D eigenvalue weighted by Gasteiger charge is 2.36. The fourth-order valence-corrected chi connectivity index (χ4v) is 2.57. The summed E-state index contributed by atoms with van der Waals surface area (Å²) in [5.41, 5.74) is 0. The van der Waals surface area contributed by atoms with Crippen molar-refractivity contribution in [2.45, 2.75) is 50.7 Å². The molecule has 5 nitrogen and oxygen atoms in total. The van der Waals surface area contributed by atoms with E-state index in [0.29, 0.717) is 19.6 Å². The number of amides is 1. The molecule has 2 heterocycles. The standard InChI is InChI=1S/C12H19NO4/c14-11(10-6-2-4-8-17-10)13-7-3-1-5-9(13)12(15)16/h9-10H,1-8H2,(H,15,16)/t9-,10?/m1/s1. The Kier molecular flexibility index (Phi) is 3.99. The van der Waals surface area contributed by atoms with Crippen LogP contribution in [0.1, 0.15) is 38.5 Å². The van der Waals surface area contributed by atoms with Gasteiger partial charge in [-0.2, -0.15) is 0 Å². The first-order valence-electron chi connectivity index (χ1n) is 6.35. The molecule has 0 bridgehead atoms. The zero-order valence-corrected chi connectivity index (χ0v) is 9.93. The summed E-state index contributed by atoms with van der Waals surface area (Å²) in [5.74, 6) is -1.02. The van der Waals surface area contributed by atoms with Crippen molar-refractivity contribution in [2.24, 2.45) is 0 Å². The van der Waals surface area contributed by atoms with Gasteiger partial charge in [-0.05, 0) is 38.5 Å². The van der Waals surface area contributed by atoms with Gasteiger partial charge in [0.2, 0.25) is 0 Å². The smallest absolute Gasteiger partial charge is 0.326 e. The Morgan fingerprint density at radius 2 is 1.88 bits per heavy atom. The molecule has 1 amide bonds. The van der Waals surface area contributed by atoms with Crippen molar-refractivity contribution < 1.29 is 19.4 Å². The molecule has 2 rings (SSSR count). The number of rotatable bonds is 2. The first kappa shape index (κ1) is 12.4. The summed E-state index contributed by atoms with van der Waals surface area (Å²) in [5, 5.41) is 9.12. The molecule has 2 aliphatic heterocycles. The molecule has 0 aromatic rings. The van der Waals surface area contributed by atoms with E-state index in [9.17, 15) is 9.59 Å². The van der Waals surface area contributed by atoms with Crippen LogP contribution in [0.15, 0.2) is 0 Å². The Labute approximate surface area is 101 Å². The first-order chi connectivity index (χ1) is 8.20. The molecule has 2 aliphatic rings. The summed E-state index contributed by atoms with van der Waals surface area (Å²) in [6, 6.07) is -0.651. The number of aliphatic carboxylic acids is 1. The number of piperidine rings is 1. The quantitative estimate of drug-likeness (QED) is 0.784. The van der Waals surface area contributed by atoms with Gasteiger partial charge in [0.1, 0.15) is 12.1 Å². The third-order valence-corrected chi connectivity index (χ3v) is 3.53. The van der Waals surface area contributed by atoms with E-state index in [-0.39, 0.29) is 5.91 Å². The minimum Gasteiger partial charge on any atom is -0.480 e. The lowest BCUT2D eigenvalue weighted by Gasteiger charge is -2.36. The van der Waals surface area contributed by atoms with Crippen LogP contribution in [-0.4, -0.2) is 47.2 Å². The number of carbonyl (C=O) groups excluding carboxylic acids is 1. The number of hydrogen-bond acceptors (Lipinski definition) is 3. The average Bonchev–Trinajstić information content (AvgIpc) is 2.39. The molecule has 2 fully saturated rings. The van der Waals surface area contributed by atoms with Crippen molar-refractivity contribution in [3.8, 4) is 0 Å². The van der Waals surface area contributed by atoms with Crippen LogP contribution in [0.2, 0.25) is 0 Å². The van der Waals surface area contributed by atoms with Gasteiger partial charge in [-0.3, -0.25) is 4.79 Å². The minimum atomic E-state index is -0.895. The average molecular weight is 241 g/mol. The number of likely N-dealkylation sites (tertiary alicyclic amines) is 1. The van der Waals surface area contributed by atoms with Crippen molar-refractivity contribution in [1.82, 2.24) is 4.90 Å². The molecule has 0 aromatic carbocycles. The summed E-state index contributed by atoms with van der Waals surface area (Å²) in [7, 11) is 0. The van der Waals surface area contributed by atoms with E-state index in [4.69, 9.17) is 9.84 Å². The Hall–Kier alpha value is -1.10. The molecule has 2 saturated heterocycles. The number of carboxylic acids is 1. The Morgan fingerprint density at radius 3 is 2.53 bits per heavy atom. The highest BCUT2D eigenvalue weighted by molar-refractivity contribution is 5.86. The Balaban J connectivity index is 2.02. The second-order valence-corrected chi connectivity index (χ2v) is 4.74. The molecule has 0 aromatic heterocycles. The van der Waals surface area contributed by atoms with Gasteiger partial charge in [0.05, 0.1) is 0 Å². The van der Waals surface area contributed by atoms with Gasteiger partial charge in [0.15, 0.2) is 0 Å². The van der Waals surface area contributed by atoms with Gasteiger partial charge in [0.25, 0.3) is 5.91 Å². The van der Waals surface area contributed by atoms with Gasteiger partial charge in [-0.1, -0.05) is 0 Å². The predicted molar refractivity (Wildman–Crippen MR) is 60.6 cm³/mol. The monoisotopic (exact) mass is 241 g/mol. The number of ether oxygens (including phenoxy) is 1. The van der Waals surface area contributed by atoms with Crippen molar-refractivity contribution >= 4 is 11.9 Å². The van der Waals surface area contributed by atoms with Crippen molar-refractivity contribution in [1.29, 1.82) is 0 Å². The summed E-state index contributed by atoms with van der Waals surface area (Å²) in [6.07, 6.45) is 4.63. The van der Waals surface area contributed by atoms with Crippen LogP contribution in [0.4, 0.5) is 0 Å². The molecule has 1 unspecified atom stereocenters. The molecular weight excluding hydrogens is 222 g/mol. The van der Waals surface area contributed by atoms with Crippen LogP contribution in [0.3, 0.4) is 0 Å². The van der Waals surface area contributed by atoms with Crippen LogP contribution >= 0.6 is 0 Å². The van der Waals surface area contributed by atoms with Gasteiger partial charge >= 0.3 is 5.97 Å². The largest absolute Gasteiger partial charge is 0.480 e. The summed E-state index contributed by atoms with van der Waals surface area (Å²) in [6.45, 7) is 1.16. The normalized spacial score (nSPS) is 30.0. The van der Waals surface area contributed by atoms with E-state index in [1.807, 2.05) is 0 Å². The van der Waals surface area contributed by atoms with E-state index >= 15 is 0 Å². The molecule has 0 radical (unpaired) electrons. The van der Waals surface area contributed by atoms with Crippen LogP contribution < -0.4 is 0 Å². The Bertz CT molecular complexity index is 299. The van der Waals surface area contributed by atoms with E-state index in [1.165, 1.54) is 4.90 Å². The maximum atomic E-state index is 12.2. The molecule has 96 valence electrons. The van der Waals surface area contributed by atoms with Gasteiger partial charge in [-0.15, -0.1) is 0 Å². The van der Waals surface area contributed by atoms with E-state index in [1.54, 1.807) is 0 Å². The van der Waals surface area contributed by atoms with Crippen molar-refractivity contribution in [2.75, 3.05) is 13.2 Å². The zero-order valence-electron chi connectivity index (χ0n) is 9.93. The number of carboxylic acid groups (broad SMARTS) is 1. The Morgan fingerprint density at radius 1 is 1.12 bits per heavy atom. The van der Waals surface area contributed by atoms with Gasteiger partial charge in [0, 0.05) is 13.2 Å². The number of hydrogen-bond donors (Lipinski definition) is 1. The first-order valence-corrected chi connectivity index (χ1v) is 6.35. The second-order valence-electron chi connectivity index (χ2n) is 4.74. The molecule has 5 heteroatoms. The van der Waals surface area contributed by atoms with Crippen LogP contribution in [0.25, 0.3) is 0 Å². The van der Waals surface area contributed by atoms with Gasteiger partial charge < -0.3 is 14.7 Å². The van der Waals surface area contributed by atoms with Crippen LogP contribution in [0.5, 0.6) is 0 Å². The lowest BCUT2D eigenvalue weighted by atomic mass is 10.00. The topological polar surface area (TPSA) is 66.8 Å². The van der Waals surface area contributed by atoms with Crippen molar-refractivity contribution in [3.05, 3.63) is 0 Å². The zero-order chi connectivity index (χ0) is 12.3. The SMILES string of the molecule is O=C(O)[C@H]1CCCCN1C(=O)C1CCCCO1. The highest BCUT2D eigenvalue weighted by Crippen LogP contribution is 2.22. The summed E-state index contributed by atoms with van der Waals surface area (Å²) < 4.78 is 5.44. The fraction of sp³-hybridized carbons (Fsp3) is 0.833. The highest BCUT2D eigenvalue weighted by atomic mass is 16.5. The fourth-order valence-electron chi connectivity index (χ4n) is 2.57. The lowest BCUT2D eigenvalue weighted by Crippen LogP contribution is -2.52.